The zero-order valence-electron chi connectivity index (χ0n) is 9.96. The average Bonchev–Trinajstić information content (AvgIpc) is 2.39. The number of fused-ring (bicyclic) bond motifs is 1. The van der Waals surface area contributed by atoms with Gasteiger partial charge in [-0.3, -0.25) is 4.98 Å². The monoisotopic (exact) mass is 236 g/mol. The lowest BCUT2D eigenvalue weighted by molar-refractivity contribution is 1.20. The van der Waals surface area contributed by atoms with Crippen LogP contribution >= 0.6 is 0 Å². The summed E-state index contributed by atoms with van der Waals surface area (Å²) in [4.78, 5) is 12.4. The molecule has 0 unspecified atom stereocenters. The summed E-state index contributed by atoms with van der Waals surface area (Å²) in [6, 6.07) is 10.0. The molecule has 2 N–H and O–H groups in total. The number of benzene rings is 1. The lowest BCUT2D eigenvalue weighted by Gasteiger charge is -2.05. The Bertz CT molecular complexity index is 722. The number of rotatable bonds is 1. The second kappa shape index (κ2) is 4.07. The van der Waals surface area contributed by atoms with E-state index in [1.807, 2.05) is 43.5 Å². The van der Waals surface area contributed by atoms with Crippen LogP contribution in [0.5, 0.6) is 0 Å². The van der Waals surface area contributed by atoms with Crippen LogP contribution in [0, 0.1) is 6.92 Å². The fraction of sp³-hybridized carbons (Fsp3) is 0.0714. The standard InChI is InChI=1S/C14H12N4/c1-9-6-11(4-5-16-9)10-2-3-12-13(7-10)17-8-18-14(12)15/h2-8H,1H3,(H2,15,17,18). The first-order valence-corrected chi connectivity index (χ1v) is 5.67. The van der Waals surface area contributed by atoms with E-state index in [1.54, 1.807) is 0 Å². The Morgan fingerprint density at radius 1 is 0.944 bits per heavy atom. The van der Waals surface area contributed by atoms with Crippen molar-refractivity contribution in [1.29, 1.82) is 0 Å². The maximum absolute atomic E-state index is 5.81. The molecule has 0 aliphatic heterocycles. The maximum atomic E-state index is 5.81. The Morgan fingerprint density at radius 2 is 1.78 bits per heavy atom. The lowest BCUT2D eigenvalue weighted by atomic mass is 10.0. The van der Waals surface area contributed by atoms with Crippen molar-refractivity contribution in [3.05, 3.63) is 48.5 Å². The van der Waals surface area contributed by atoms with E-state index in [0.717, 1.165) is 27.7 Å². The predicted octanol–water partition coefficient (Wildman–Crippen LogP) is 2.58. The van der Waals surface area contributed by atoms with E-state index in [0.29, 0.717) is 5.82 Å². The third-order valence-electron chi connectivity index (χ3n) is 2.90. The summed E-state index contributed by atoms with van der Waals surface area (Å²) in [5.74, 6) is 0.512. The van der Waals surface area contributed by atoms with Crippen LogP contribution < -0.4 is 5.73 Å². The molecule has 0 bridgehead atoms. The van der Waals surface area contributed by atoms with Gasteiger partial charge in [-0.25, -0.2) is 9.97 Å². The van der Waals surface area contributed by atoms with E-state index in [9.17, 15) is 0 Å². The molecule has 2 heterocycles. The summed E-state index contributed by atoms with van der Waals surface area (Å²) < 4.78 is 0. The Hall–Kier alpha value is -2.49. The second-order valence-electron chi connectivity index (χ2n) is 4.18. The molecule has 2 aromatic heterocycles. The van der Waals surface area contributed by atoms with Gasteiger partial charge >= 0.3 is 0 Å². The first-order chi connectivity index (χ1) is 8.74. The van der Waals surface area contributed by atoms with Crippen LogP contribution in [0.3, 0.4) is 0 Å². The van der Waals surface area contributed by atoms with Crippen molar-refractivity contribution in [2.45, 2.75) is 6.92 Å². The maximum Gasteiger partial charge on any atom is 0.134 e. The number of aromatic nitrogens is 3. The molecule has 0 aliphatic rings. The molecule has 0 amide bonds. The number of hydrogen-bond donors (Lipinski definition) is 1. The van der Waals surface area contributed by atoms with Crippen LogP contribution in [0.15, 0.2) is 42.9 Å². The molecular formula is C14H12N4. The minimum atomic E-state index is 0.512. The number of hydrogen-bond acceptors (Lipinski definition) is 4. The van der Waals surface area contributed by atoms with E-state index in [-0.39, 0.29) is 0 Å². The molecule has 3 rings (SSSR count). The fourth-order valence-electron chi connectivity index (χ4n) is 1.98. The largest absolute Gasteiger partial charge is 0.383 e. The molecule has 0 fully saturated rings. The van der Waals surface area contributed by atoms with Crippen molar-refractivity contribution >= 4 is 16.7 Å². The van der Waals surface area contributed by atoms with Crippen molar-refractivity contribution in [1.82, 2.24) is 15.0 Å². The van der Waals surface area contributed by atoms with Crippen LogP contribution in [-0.4, -0.2) is 15.0 Å². The Labute approximate surface area is 105 Å². The fourth-order valence-corrected chi connectivity index (χ4v) is 1.98. The molecule has 4 heteroatoms. The Balaban J connectivity index is 2.20. The van der Waals surface area contributed by atoms with E-state index in [2.05, 4.69) is 15.0 Å². The molecule has 0 saturated carbocycles. The number of aryl methyl sites for hydroxylation is 1. The molecule has 0 radical (unpaired) electrons. The number of nitrogens with two attached hydrogens (primary N) is 1. The minimum absolute atomic E-state index is 0.512. The van der Waals surface area contributed by atoms with E-state index in [4.69, 9.17) is 5.73 Å². The third-order valence-corrected chi connectivity index (χ3v) is 2.90. The van der Waals surface area contributed by atoms with Gasteiger partial charge in [0.15, 0.2) is 0 Å². The van der Waals surface area contributed by atoms with Gasteiger partial charge in [-0.2, -0.15) is 0 Å². The smallest absolute Gasteiger partial charge is 0.134 e. The van der Waals surface area contributed by atoms with E-state index in [1.165, 1.54) is 6.33 Å². The van der Waals surface area contributed by atoms with Crippen LogP contribution in [0.4, 0.5) is 5.82 Å². The molecule has 3 aromatic rings. The van der Waals surface area contributed by atoms with Crippen molar-refractivity contribution in [3.63, 3.8) is 0 Å². The van der Waals surface area contributed by atoms with Gasteiger partial charge in [0.1, 0.15) is 12.1 Å². The Kier molecular flexibility index (Phi) is 2.41. The molecule has 0 atom stereocenters. The molecule has 0 spiro atoms. The van der Waals surface area contributed by atoms with Gasteiger partial charge in [-0.05, 0) is 42.3 Å². The van der Waals surface area contributed by atoms with Crippen molar-refractivity contribution < 1.29 is 0 Å². The SMILES string of the molecule is Cc1cc(-c2ccc3c(N)ncnc3c2)ccn1. The van der Waals surface area contributed by atoms with Crippen LogP contribution in [-0.2, 0) is 0 Å². The molecule has 88 valence electrons. The highest BCUT2D eigenvalue weighted by Crippen LogP contribution is 2.25. The first kappa shape index (κ1) is 10.7. The summed E-state index contributed by atoms with van der Waals surface area (Å²) in [5, 5.41) is 0.882. The average molecular weight is 236 g/mol. The van der Waals surface area contributed by atoms with Crippen molar-refractivity contribution in [2.75, 3.05) is 5.73 Å². The lowest BCUT2D eigenvalue weighted by Crippen LogP contribution is -1.93. The quantitative estimate of drug-likeness (QED) is 0.705. The van der Waals surface area contributed by atoms with Crippen LogP contribution in [0.25, 0.3) is 22.0 Å². The van der Waals surface area contributed by atoms with Gasteiger partial charge in [-0.15, -0.1) is 0 Å². The highest BCUT2D eigenvalue weighted by Gasteiger charge is 2.03. The highest BCUT2D eigenvalue weighted by atomic mass is 14.9. The molecule has 0 aliphatic carbocycles. The normalized spacial score (nSPS) is 10.7. The van der Waals surface area contributed by atoms with Gasteiger partial charge < -0.3 is 5.73 Å². The number of nitrogens with zero attached hydrogens (tertiary/aromatic N) is 3. The predicted molar refractivity (Wildman–Crippen MR) is 71.9 cm³/mol. The molecule has 0 saturated heterocycles. The minimum Gasteiger partial charge on any atom is -0.383 e. The summed E-state index contributed by atoms with van der Waals surface area (Å²) in [5.41, 5.74) is 9.89. The third kappa shape index (κ3) is 1.78. The summed E-state index contributed by atoms with van der Waals surface area (Å²) in [6.07, 6.45) is 3.29. The van der Waals surface area contributed by atoms with Crippen LogP contribution in [0.1, 0.15) is 5.69 Å². The molecule has 4 nitrogen and oxygen atoms in total. The van der Waals surface area contributed by atoms with Gasteiger partial charge in [0.2, 0.25) is 0 Å². The van der Waals surface area contributed by atoms with E-state index < -0.39 is 0 Å². The number of nitrogen functional groups attached to an aromatic ring is 1. The van der Waals surface area contributed by atoms with Gasteiger partial charge in [0.05, 0.1) is 5.52 Å². The van der Waals surface area contributed by atoms with Crippen LogP contribution in [0.2, 0.25) is 0 Å². The topological polar surface area (TPSA) is 64.7 Å². The van der Waals surface area contributed by atoms with E-state index >= 15 is 0 Å². The zero-order chi connectivity index (χ0) is 12.5. The molecular weight excluding hydrogens is 224 g/mol. The summed E-state index contributed by atoms with van der Waals surface area (Å²) in [7, 11) is 0. The Morgan fingerprint density at radius 3 is 2.61 bits per heavy atom. The van der Waals surface area contributed by atoms with Gasteiger partial charge in [0, 0.05) is 17.3 Å². The second-order valence-corrected chi connectivity index (χ2v) is 4.18. The summed E-state index contributed by atoms with van der Waals surface area (Å²) >= 11 is 0. The van der Waals surface area contributed by atoms with Gasteiger partial charge in [-0.1, -0.05) is 6.07 Å². The van der Waals surface area contributed by atoms with Gasteiger partial charge in [0.25, 0.3) is 0 Å². The number of pyridine rings is 1. The number of anilines is 1. The molecule has 1 aromatic carbocycles. The molecule has 18 heavy (non-hydrogen) atoms. The highest BCUT2D eigenvalue weighted by molar-refractivity contribution is 5.90. The first-order valence-electron chi connectivity index (χ1n) is 5.67. The zero-order valence-corrected chi connectivity index (χ0v) is 9.96. The van der Waals surface area contributed by atoms with Crippen molar-refractivity contribution in [3.8, 4) is 11.1 Å². The van der Waals surface area contributed by atoms with Crippen molar-refractivity contribution in [2.24, 2.45) is 0 Å². The summed E-state index contributed by atoms with van der Waals surface area (Å²) in [6.45, 7) is 1.98.